The number of rotatable bonds is 1. The average molecular weight is 259 g/mol. The molecule has 2 heterocycles. The van der Waals surface area contributed by atoms with Gasteiger partial charge in [-0.25, -0.2) is 4.98 Å². The molecule has 0 spiro atoms. The monoisotopic (exact) mass is 259 g/mol. The van der Waals surface area contributed by atoms with Gasteiger partial charge in [-0.2, -0.15) is 13.2 Å². The minimum atomic E-state index is -4.38. The van der Waals surface area contributed by atoms with Gasteiger partial charge in [0.05, 0.1) is 5.56 Å². The summed E-state index contributed by atoms with van der Waals surface area (Å²) in [6.07, 6.45) is -2.16. The third-order valence-electron chi connectivity index (χ3n) is 3.08. The molecule has 2 rings (SSSR count). The van der Waals surface area contributed by atoms with Gasteiger partial charge in [-0.05, 0) is 24.5 Å². The summed E-state index contributed by atoms with van der Waals surface area (Å²) in [6.45, 7) is 2.97. The van der Waals surface area contributed by atoms with Crippen LogP contribution >= 0.6 is 0 Å². The minimum absolute atomic E-state index is 0.00741. The molecule has 1 aromatic rings. The molecule has 0 aliphatic carbocycles. The van der Waals surface area contributed by atoms with Crippen molar-refractivity contribution < 1.29 is 13.2 Å². The van der Waals surface area contributed by atoms with Crippen molar-refractivity contribution in [1.29, 1.82) is 0 Å². The van der Waals surface area contributed by atoms with E-state index in [4.69, 9.17) is 5.73 Å². The maximum Gasteiger partial charge on any atom is 0.419 e. The molecule has 100 valence electrons. The number of anilines is 1. The zero-order valence-corrected chi connectivity index (χ0v) is 10.1. The van der Waals surface area contributed by atoms with Crippen LogP contribution in [0.2, 0.25) is 0 Å². The fourth-order valence-corrected chi connectivity index (χ4v) is 2.44. The Morgan fingerprint density at radius 1 is 1.39 bits per heavy atom. The summed E-state index contributed by atoms with van der Waals surface area (Å²) in [4.78, 5) is 5.53. The first-order chi connectivity index (χ1) is 8.38. The van der Waals surface area contributed by atoms with Crippen LogP contribution in [0, 0.1) is 5.92 Å². The van der Waals surface area contributed by atoms with E-state index in [1.807, 2.05) is 6.92 Å². The van der Waals surface area contributed by atoms with E-state index in [0.717, 1.165) is 12.5 Å². The Morgan fingerprint density at radius 2 is 2.11 bits per heavy atom. The molecule has 1 aliphatic heterocycles. The number of halogens is 3. The van der Waals surface area contributed by atoms with Gasteiger partial charge in [0.25, 0.3) is 0 Å². The Morgan fingerprint density at radius 3 is 2.72 bits per heavy atom. The molecular weight excluding hydrogens is 243 g/mol. The number of nitrogens with two attached hydrogens (primary N) is 1. The predicted molar refractivity (Wildman–Crippen MR) is 63.2 cm³/mol. The zero-order chi connectivity index (χ0) is 13.3. The van der Waals surface area contributed by atoms with Crippen LogP contribution in [0.25, 0.3) is 0 Å². The summed E-state index contributed by atoms with van der Waals surface area (Å²) in [7, 11) is 0. The van der Waals surface area contributed by atoms with E-state index in [9.17, 15) is 13.2 Å². The van der Waals surface area contributed by atoms with Crippen LogP contribution < -0.4 is 10.6 Å². The molecule has 1 saturated heterocycles. The van der Waals surface area contributed by atoms with Crippen molar-refractivity contribution >= 4 is 5.82 Å². The molecule has 2 unspecified atom stereocenters. The van der Waals surface area contributed by atoms with Gasteiger partial charge in [-0.15, -0.1) is 0 Å². The zero-order valence-electron chi connectivity index (χ0n) is 10.1. The minimum Gasteiger partial charge on any atom is -0.354 e. The number of hydrogen-bond acceptors (Lipinski definition) is 3. The largest absolute Gasteiger partial charge is 0.419 e. The van der Waals surface area contributed by atoms with Gasteiger partial charge < -0.3 is 10.6 Å². The SMILES string of the molecule is CC1CC(N)CN(c2ncccc2C(F)(F)F)C1. The Bertz CT molecular complexity index is 409. The third kappa shape index (κ3) is 2.75. The number of alkyl halides is 3. The highest BCUT2D eigenvalue weighted by Gasteiger charge is 2.36. The lowest BCUT2D eigenvalue weighted by atomic mass is 9.96. The number of aromatic nitrogens is 1. The lowest BCUT2D eigenvalue weighted by Gasteiger charge is -2.36. The quantitative estimate of drug-likeness (QED) is 0.841. The summed E-state index contributed by atoms with van der Waals surface area (Å²) < 4.78 is 38.7. The molecule has 3 nitrogen and oxygen atoms in total. The highest BCUT2D eigenvalue weighted by atomic mass is 19.4. The van der Waals surface area contributed by atoms with E-state index in [2.05, 4.69) is 4.98 Å². The molecule has 0 amide bonds. The lowest BCUT2D eigenvalue weighted by Crippen LogP contribution is -2.47. The summed E-state index contributed by atoms with van der Waals surface area (Å²) in [5.74, 6) is 0.267. The summed E-state index contributed by atoms with van der Waals surface area (Å²) in [5.41, 5.74) is 5.17. The van der Waals surface area contributed by atoms with E-state index < -0.39 is 11.7 Å². The summed E-state index contributed by atoms with van der Waals surface area (Å²) >= 11 is 0. The first-order valence-electron chi connectivity index (χ1n) is 5.90. The van der Waals surface area contributed by atoms with Crippen LogP contribution in [0.3, 0.4) is 0 Å². The van der Waals surface area contributed by atoms with Crippen LogP contribution in [0.1, 0.15) is 18.9 Å². The molecule has 6 heteroatoms. The van der Waals surface area contributed by atoms with E-state index in [1.165, 1.54) is 12.3 Å². The third-order valence-corrected chi connectivity index (χ3v) is 3.08. The van der Waals surface area contributed by atoms with Gasteiger partial charge in [0.15, 0.2) is 0 Å². The Hall–Kier alpha value is -1.30. The smallest absolute Gasteiger partial charge is 0.354 e. The van der Waals surface area contributed by atoms with Gasteiger partial charge in [-0.3, -0.25) is 0 Å². The van der Waals surface area contributed by atoms with Gasteiger partial charge in [0, 0.05) is 25.3 Å². The molecule has 1 aromatic heterocycles. The molecular formula is C12H16F3N3. The van der Waals surface area contributed by atoms with Gasteiger partial charge in [0.1, 0.15) is 5.82 Å². The van der Waals surface area contributed by atoms with Crippen LogP contribution in [-0.4, -0.2) is 24.1 Å². The van der Waals surface area contributed by atoms with Crippen molar-refractivity contribution in [3.05, 3.63) is 23.9 Å². The van der Waals surface area contributed by atoms with Crippen molar-refractivity contribution in [2.75, 3.05) is 18.0 Å². The molecule has 0 bridgehead atoms. The van der Waals surface area contributed by atoms with Crippen LogP contribution in [0.5, 0.6) is 0 Å². The summed E-state index contributed by atoms with van der Waals surface area (Å²) in [5, 5.41) is 0. The maximum atomic E-state index is 12.9. The molecule has 1 fully saturated rings. The second-order valence-electron chi connectivity index (χ2n) is 4.88. The van der Waals surface area contributed by atoms with Crippen molar-refractivity contribution in [3.8, 4) is 0 Å². The van der Waals surface area contributed by atoms with Crippen molar-refractivity contribution in [3.63, 3.8) is 0 Å². The van der Waals surface area contributed by atoms with Crippen LogP contribution in [-0.2, 0) is 6.18 Å². The normalized spacial score (nSPS) is 25.3. The predicted octanol–water partition coefficient (Wildman–Crippen LogP) is 2.27. The molecule has 18 heavy (non-hydrogen) atoms. The van der Waals surface area contributed by atoms with Crippen LogP contribution in [0.4, 0.5) is 19.0 Å². The van der Waals surface area contributed by atoms with Gasteiger partial charge >= 0.3 is 6.18 Å². The second kappa shape index (κ2) is 4.76. The Balaban J connectivity index is 2.33. The van der Waals surface area contributed by atoms with Gasteiger partial charge in [-0.1, -0.05) is 6.92 Å². The van der Waals surface area contributed by atoms with Crippen LogP contribution in [0.15, 0.2) is 18.3 Å². The van der Waals surface area contributed by atoms with E-state index in [1.54, 1.807) is 4.90 Å². The first-order valence-corrected chi connectivity index (χ1v) is 5.90. The fraction of sp³-hybridized carbons (Fsp3) is 0.583. The Kier molecular flexibility index (Phi) is 3.47. The first kappa shape index (κ1) is 13.1. The standard InChI is InChI=1S/C12H16F3N3/c1-8-5-9(16)7-18(6-8)11-10(12(13,14)15)3-2-4-17-11/h2-4,8-9H,5-7,16H2,1H3. The molecule has 2 atom stereocenters. The molecule has 0 radical (unpaired) electrons. The lowest BCUT2D eigenvalue weighted by molar-refractivity contribution is -0.137. The molecule has 2 N–H and O–H groups in total. The topological polar surface area (TPSA) is 42.1 Å². The fourth-order valence-electron chi connectivity index (χ4n) is 2.44. The molecule has 0 aromatic carbocycles. The maximum absolute atomic E-state index is 12.9. The van der Waals surface area contributed by atoms with Crippen molar-refractivity contribution in [2.45, 2.75) is 25.6 Å². The number of nitrogens with zero attached hydrogens (tertiary/aromatic N) is 2. The number of pyridine rings is 1. The van der Waals surface area contributed by atoms with Crippen molar-refractivity contribution in [2.24, 2.45) is 11.7 Å². The highest BCUT2D eigenvalue weighted by Crippen LogP contribution is 2.36. The second-order valence-corrected chi connectivity index (χ2v) is 4.88. The van der Waals surface area contributed by atoms with E-state index in [0.29, 0.717) is 13.1 Å². The van der Waals surface area contributed by atoms with Gasteiger partial charge in [0.2, 0.25) is 0 Å². The van der Waals surface area contributed by atoms with Crippen molar-refractivity contribution in [1.82, 2.24) is 4.98 Å². The number of hydrogen-bond donors (Lipinski definition) is 1. The summed E-state index contributed by atoms with van der Waals surface area (Å²) in [6, 6.07) is 2.27. The number of piperidine rings is 1. The molecule has 0 saturated carbocycles. The van der Waals surface area contributed by atoms with E-state index in [-0.39, 0.29) is 17.8 Å². The van der Waals surface area contributed by atoms with E-state index >= 15 is 0 Å². The Labute approximate surface area is 104 Å². The average Bonchev–Trinajstić information content (AvgIpc) is 2.26. The highest BCUT2D eigenvalue weighted by molar-refractivity contribution is 5.49. The molecule has 1 aliphatic rings.